The molecular formula is C17H37N2SiTi. The molecule has 21 heavy (non-hydrogen) atoms. The number of nitrogens with zero attached hydrogens (tertiary/aromatic N) is 1. The molecule has 0 aromatic heterocycles. The Morgan fingerprint density at radius 3 is 1.67 bits per heavy atom. The standard InChI is InChI=1S/C11H19Si.C4H12N2.2CH3.Ti/c1-8-7-11(4,12(5)6)10(3)9(8)2;1-6(2)4-3-5;;;/h12H,1-6H3;3-5H2,1-2H3;2*1H3;/q-1;;2*-1;+3. The first-order valence-electron chi connectivity index (χ1n) is 6.81. The largest absolute Gasteiger partial charge is 3.00 e. The first-order chi connectivity index (χ1) is 8.16. The van der Waals surface area contributed by atoms with Gasteiger partial charge in [-0.3, -0.25) is 6.08 Å². The molecule has 0 spiro atoms. The molecule has 1 aliphatic carbocycles. The molecule has 1 rings (SSSR count). The number of likely N-dealkylation sites (N-methyl/N-ethyl adjacent to an activating group) is 1. The Morgan fingerprint density at radius 1 is 1.14 bits per heavy atom. The van der Waals surface area contributed by atoms with Gasteiger partial charge in [0.2, 0.25) is 0 Å². The Kier molecular flexibility index (Phi) is 17.9. The second kappa shape index (κ2) is 12.8. The molecule has 1 unspecified atom stereocenters. The van der Waals surface area contributed by atoms with Crippen molar-refractivity contribution in [1.82, 2.24) is 4.90 Å². The van der Waals surface area contributed by atoms with E-state index >= 15 is 0 Å². The Morgan fingerprint density at radius 2 is 1.57 bits per heavy atom. The van der Waals surface area contributed by atoms with E-state index in [9.17, 15) is 0 Å². The fourth-order valence-corrected chi connectivity index (χ4v) is 3.67. The van der Waals surface area contributed by atoms with E-state index in [4.69, 9.17) is 5.73 Å². The van der Waals surface area contributed by atoms with E-state index in [1.165, 1.54) is 11.1 Å². The van der Waals surface area contributed by atoms with Crippen LogP contribution in [-0.4, -0.2) is 40.9 Å². The van der Waals surface area contributed by atoms with Crippen molar-refractivity contribution in [3.05, 3.63) is 37.6 Å². The molecule has 0 saturated heterocycles. The van der Waals surface area contributed by atoms with Gasteiger partial charge in [-0.15, -0.1) is 6.92 Å². The third-order valence-electron chi connectivity index (χ3n) is 4.08. The average molecular weight is 345 g/mol. The van der Waals surface area contributed by atoms with E-state index < -0.39 is 8.80 Å². The van der Waals surface area contributed by atoms with Gasteiger partial charge < -0.3 is 25.5 Å². The van der Waals surface area contributed by atoms with Gasteiger partial charge in [0.05, 0.1) is 0 Å². The molecule has 0 aromatic carbocycles. The molecule has 2 nitrogen and oxygen atoms in total. The van der Waals surface area contributed by atoms with Gasteiger partial charge in [0, 0.05) is 21.9 Å². The van der Waals surface area contributed by atoms with Crippen molar-refractivity contribution in [1.29, 1.82) is 0 Å². The van der Waals surface area contributed by atoms with Gasteiger partial charge in [0.25, 0.3) is 0 Å². The summed E-state index contributed by atoms with van der Waals surface area (Å²) in [6.45, 7) is 15.6. The average Bonchev–Trinajstić information content (AvgIpc) is 2.45. The molecule has 0 amide bonds. The molecule has 0 heterocycles. The van der Waals surface area contributed by atoms with Gasteiger partial charge in [0.1, 0.15) is 0 Å². The molecule has 2 N–H and O–H groups in total. The summed E-state index contributed by atoms with van der Waals surface area (Å²) in [4.78, 5) is 2.06. The summed E-state index contributed by atoms with van der Waals surface area (Å²) >= 11 is 0. The number of allylic oxidation sites excluding steroid dienone is 4. The Labute approximate surface area is 151 Å². The van der Waals surface area contributed by atoms with Crippen LogP contribution in [0.1, 0.15) is 27.7 Å². The van der Waals surface area contributed by atoms with Crippen molar-refractivity contribution in [3.8, 4) is 0 Å². The number of rotatable bonds is 3. The molecule has 1 atom stereocenters. The maximum atomic E-state index is 5.19. The predicted octanol–water partition coefficient (Wildman–Crippen LogP) is 3.74. The van der Waals surface area contributed by atoms with Crippen LogP contribution < -0.4 is 5.73 Å². The molecule has 4 heteroatoms. The molecule has 1 radical (unpaired) electrons. The van der Waals surface area contributed by atoms with Gasteiger partial charge in [-0.05, 0) is 14.1 Å². The summed E-state index contributed by atoms with van der Waals surface area (Å²) in [5.74, 6) is 0. The third-order valence-corrected chi connectivity index (χ3v) is 6.97. The third kappa shape index (κ3) is 8.51. The number of hydrogen-bond donors (Lipinski definition) is 1. The summed E-state index contributed by atoms with van der Waals surface area (Å²) < 4.78 is 0. The molecule has 1 aliphatic rings. The van der Waals surface area contributed by atoms with E-state index in [1.807, 2.05) is 14.1 Å². The van der Waals surface area contributed by atoms with Crippen LogP contribution in [0.25, 0.3) is 0 Å². The quantitative estimate of drug-likeness (QED) is 0.624. The van der Waals surface area contributed by atoms with Crippen LogP contribution in [0, 0.1) is 20.9 Å². The predicted molar refractivity (Wildman–Crippen MR) is 98.5 cm³/mol. The molecule has 0 bridgehead atoms. The minimum absolute atomic E-state index is 0. The summed E-state index contributed by atoms with van der Waals surface area (Å²) in [7, 11) is 3.35. The van der Waals surface area contributed by atoms with Crippen molar-refractivity contribution >= 4 is 8.80 Å². The van der Waals surface area contributed by atoms with Crippen molar-refractivity contribution in [2.45, 2.75) is 45.8 Å². The zero-order chi connectivity index (χ0) is 14.5. The Hall–Kier alpha value is 0.331. The molecular weight excluding hydrogens is 308 g/mol. The van der Waals surface area contributed by atoms with Crippen LogP contribution >= 0.6 is 0 Å². The Balaban J connectivity index is -0.000000142. The summed E-state index contributed by atoms with van der Waals surface area (Å²) in [6, 6.07) is 0. The van der Waals surface area contributed by atoms with E-state index in [2.05, 4.69) is 51.8 Å². The fourth-order valence-electron chi connectivity index (χ4n) is 2.08. The molecule has 0 aromatic rings. The van der Waals surface area contributed by atoms with Gasteiger partial charge in [-0.1, -0.05) is 38.9 Å². The molecule has 0 saturated carbocycles. The number of hydrogen-bond acceptors (Lipinski definition) is 2. The second-order valence-corrected chi connectivity index (χ2v) is 9.41. The smallest absolute Gasteiger partial charge is 0.358 e. The Bertz CT molecular complexity index is 336. The zero-order valence-corrected chi connectivity index (χ0v) is 18.7. The number of nitrogens with two attached hydrogens (primary N) is 1. The van der Waals surface area contributed by atoms with Gasteiger partial charge in [0.15, 0.2) is 0 Å². The van der Waals surface area contributed by atoms with Crippen LogP contribution in [0.2, 0.25) is 18.1 Å². The topological polar surface area (TPSA) is 29.3 Å². The maximum absolute atomic E-state index is 5.19. The minimum atomic E-state index is -0.663. The zero-order valence-electron chi connectivity index (χ0n) is 16.0. The SMILES string of the molecule is CC1=[C-]C(C)([SiH](C)C)C(C)=C1C.CN(C)CCN.[CH3-].[CH3-].[Ti+3]. The van der Waals surface area contributed by atoms with Gasteiger partial charge in [-0.2, -0.15) is 11.1 Å². The second-order valence-electron chi connectivity index (χ2n) is 5.95. The molecule has 123 valence electrons. The van der Waals surface area contributed by atoms with Gasteiger partial charge >= 0.3 is 21.7 Å². The van der Waals surface area contributed by atoms with Crippen molar-refractivity contribution in [2.75, 3.05) is 27.2 Å². The summed E-state index contributed by atoms with van der Waals surface area (Å²) in [5.41, 5.74) is 9.59. The van der Waals surface area contributed by atoms with Crippen molar-refractivity contribution < 1.29 is 21.7 Å². The minimum Gasteiger partial charge on any atom is -0.358 e. The van der Waals surface area contributed by atoms with Crippen molar-refractivity contribution in [2.24, 2.45) is 5.73 Å². The fraction of sp³-hybridized carbons (Fsp3) is 0.647. The summed E-state index contributed by atoms with van der Waals surface area (Å²) in [6.07, 6.45) is 3.63. The maximum Gasteiger partial charge on any atom is 3.00 e. The molecule has 0 aliphatic heterocycles. The van der Waals surface area contributed by atoms with E-state index in [0.29, 0.717) is 5.04 Å². The first kappa shape index (κ1) is 29.4. The van der Waals surface area contributed by atoms with E-state index in [1.54, 1.807) is 5.57 Å². The molecule has 0 fully saturated rings. The van der Waals surface area contributed by atoms with Crippen LogP contribution in [0.4, 0.5) is 0 Å². The van der Waals surface area contributed by atoms with E-state index in [-0.39, 0.29) is 36.6 Å². The first-order valence-corrected chi connectivity index (χ1v) is 9.70. The van der Waals surface area contributed by atoms with E-state index in [0.717, 1.165) is 13.1 Å². The van der Waals surface area contributed by atoms with Crippen LogP contribution in [0.15, 0.2) is 16.7 Å². The van der Waals surface area contributed by atoms with Gasteiger partial charge in [-0.25, -0.2) is 5.57 Å². The monoisotopic (exact) mass is 345 g/mol. The van der Waals surface area contributed by atoms with Crippen LogP contribution in [-0.2, 0) is 21.7 Å². The van der Waals surface area contributed by atoms with Crippen molar-refractivity contribution in [3.63, 3.8) is 0 Å². The van der Waals surface area contributed by atoms with Crippen LogP contribution in [0.5, 0.6) is 0 Å². The normalized spacial score (nSPS) is 20.0. The summed E-state index contributed by atoms with van der Waals surface area (Å²) in [5, 5.41) is 0.328. The van der Waals surface area contributed by atoms with Crippen LogP contribution in [0.3, 0.4) is 0 Å².